The molecule has 0 saturated heterocycles. The summed E-state index contributed by atoms with van der Waals surface area (Å²) in [6.07, 6.45) is 0. The van der Waals surface area contributed by atoms with E-state index in [9.17, 15) is 0 Å². The van der Waals surface area contributed by atoms with Gasteiger partial charge in [-0.1, -0.05) is 12.1 Å². The molecule has 2 heteroatoms. The Kier molecular flexibility index (Phi) is 2.78. The molecule has 0 unspecified atom stereocenters. The smallest absolute Gasteiger partial charge is 0.141 e. The Morgan fingerprint density at radius 3 is 2.82 bits per heavy atom. The lowest BCUT2D eigenvalue weighted by atomic mass is 10.3. The number of ether oxygens (including phenoxy) is 1. The molecule has 2 nitrogen and oxygen atoms in total. The van der Waals surface area contributed by atoms with Crippen molar-refractivity contribution in [2.45, 2.75) is 0 Å². The number of rotatable bonds is 3. The Bertz CT molecular complexity index is 223. The fraction of sp³-hybridized carbons (Fsp3) is 0.222. The van der Waals surface area contributed by atoms with Crippen molar-refractivity contribution < 1.29 is 4.74 Å². The summed E-state index contributed by atoms with van der Waals surface area (Å²) in [4.78, 5) is 0. The van der Waals surface area contributed by atoms with Crippen LogP contribution in [0.25, 0.3) is 0 Å². The van der Waals surface area contributed by atoms with E-state index in [1.54, 1.807) is 7.11 Å². The van der Waals surface area contributed by atoms with Crippen molar-refractivity contribution in [3.63, 3.8) is 0 Å². The van der Waals surface area contributed by atoms with Crippen LogP contribution in [-0.2, 0) is 0 Å². The van der Waals surface area contributed by atoms with Gasteiger partial charge in [-0.25, -0.2) is 0 Å². The van der Waals surface area contributed by atoms with Crippen molar-refractivity contribution in [3.8, 4) is 5.75 Å². The molecule has 1 aromatic carbocycles. The molecule has 0 spiro atoms. The van der Waals surface area contributed by atoms with Gasteiger partial charge in [0.2, 0.25) is 0 Å². The Labute approximate surface area is 67.2 Å². The highest BCUT2D eigenvalue weighted by atomic mass is 16.5. The molecule has 0 aliphatic rings. The van der Waals surface area contributed by atoms with Crippen LogP contribution in [0.5, 0.6) is 5.75 Å². The Morgan fingerprint density at radius 2 is 2.18 bits per heavy atom. The Morgan fingerprint density at radius 1 is 1.45 bits per heavy atom. The molecule has 0 heterocycles. The van der Waals surface area contributed by atoms with Gasteiger partial charge in [0.15, 0.2) is 0 Å². The van der Waals surface area contributed by atoms with E-state index in [-0.39, 0.29) is 0 Å². The number of hydrogen-bond acceptors (Lipinski definition) is 2. The first kappa shape index (κ1) is 7.92. The molecule has 0 aliphatic carbocycles. The highest BCUT2D eigenvalue weighted by Crippen LogP contribution is 2.22. The molecular formula is C9H12NO. The quantitative estimate of drug-likeness (QED) is 0.711. The Hall–Kier alpha value is -1.18. The molecule has 59 valence electrons. The molecule has 0 amide bonds. The van der Waals surface area contributed by atoms with Gasteiger partial charge in [-0.15, -0.1) is 0 Å². The molecule has 1 radical (unpaired) electrons. The second-order valence-electron chi connectivity index (χ2n) is 2.13. The lowest BCUT2D eigenvalue weighted by molar-refractivity contribution is 0.416. The van der Waals surface area contributed by atoms with Crippen LogP contribution >= 0.6 is 0 Å². The summed E-state index contributed by atoms with van der Waals surface area (Å²) in [5, 5.41) is 3.09. The molecule has 11 heavy (non-hydrogen) atoms. The minimum atomic E-state index is 0.667. The highest BCUT2D eigenvalue weighted by Gasteiger charge is 1.96. The van der Waals surface area contributed by atoms with Crippen LogP contribution < -0.4 is 10.1 Å². The topological polar surface area (TPSA) is 21.3 Å². The zero-order chi connectivity index (χ0) is 8.10. The molecule has 0 atom stereocenters. The SMILES string of the molecule is [CH2]CNc1ccccc1OC. The third-order valence-electron chi connectivity index (χ3n) is 1.42. The van der Waals surface area contributed by atoms with Crippen molar-refractivity contribution in [2.24, 2.45) is 0 Å². The molecule has 0 fully saturated rings. The summed E-state index contributed by atoms with van der Waals surface area (Å²) in [6, 6.07) is 7.77. The van der Waals surface area contributed by atoms with Gasteiger partial charge < -0.3 is 10.1 Å². The minimum absolute atomic E-state index is 0.667. The molecule has 0 aromatic heterocycles. The van der Waals surface area contributed by atoms with Crippen molar-refractivity contribution in [1.29, 1.82) is 0 Å². The van der Waals surface area contributed by atoms with Crippen LogP contribution in [0.15, 0.2) is 24.3 Å². The van der Waals surface area contributed by atoms with Crippen molar-refractivity contribution in [2.75, 3.05) is 19.0 Å². The molecule has 1 rings (SSSR count). The molecule has 1 N–H and O–H groups in total. The minimum Gasteiger partial charge on any atom is -0.495 e. The third-order valence-corrected chi connectivity index (χ3v) is 1.42. The average molecular weight is 150 g/mol. The van der Waals surface area contributed by atoms with Crippen molar-refractivity contribution >= 4 is 5.69 Å². The fourth-order valence-corrected chi connectivity index (χ4v) is 0.925. The first-order valence-corrected chi connectivity index (χ1v) is 3.54. The molecule has 0 bridgehead atoms. The van der Waals surface area contributed by atoms with Gasteiger partial charge in [-0.3, -0.25) is 0 Å². The summed E-state index contributed by atoms with van der Waals surface area (Å²) in [7, 11) is 1.66. The van der Waals surface area contributed by atoms with E-state index < -0.39 is 0 Å². The standard InChI is InChI=1S/C9H12NO/c1-3-10-8-6-4-5-7-9(8)11-2/h4-7,10H,1,3H2,2H3. The number of nitrogens with one attached hydrogen (secondary N) is 1. The first-order chi connectivity index (χ1) is 5.38. The largest absolute Gasteiger partial charge is 0.495 e. The van der Waals surface area contributed by atoms with E-state index in [1.165, 1.54) is 0 Å². The molecular weight excluding hydrogens is 138 g/mol. The van der Waals surface area contributed by atoms with E-state index in [2.05, 4.69) is 12.2 Å². The second kappa shape index (κ2) is 3.86. The molecule has 0 aliphatic heterocycles. The van der Waals surface area contributed by atoms with Gasteiger partial charge in [0.25, 0.3) is 0 Å². The van der Waals surface area contributed by atoms with Crippen LogP contribution in [0.1, 0.15) is 0 Å². The maximum absolute atomic E-state index is 5.11. The highest BCUT2D eigenvalue weighted by molar-refractivity contribution is 5.56. The number of methoxy groups -OCH3 is 1. The lowest BCUT2D eigenvalue weighted by Gasteiger charge is -2.07. The number of anilines is 1. The number of para-hydroxylation sites is 2. The molecule has 0 saturated carbocycles. The van der Waals surface area contributed by atoms with Gasteiger partial charge in [0, 0.05) is 6.54 Å². The fourth-order valence-electron chi connectivity index (χ4n) is 0.925. The summed E-state index contributed by atoms with van der Waals surface area (Å²) >= 11 is 0. The van der Waals surface area contributed by atoms with Crippen LogP contribution in [0.4, 0.5) is 5.69 Å². The van der Waals surface area contributed by atoms with Crippen LogP contribution in [-0.4, -0.2) is 13.7 Å². The first-order valence-electron chi connectivity index (χ1n) is 3.54. The van der Waals surface area contributed by atoms with Crippen LogP contribution in [0, 0.1) is 6.92 Å². The summed E-state index contributed by atoms with van der Waals surface area (Å²) in [5.74, 6) is 0.858. The summed E-state index contributed by atoms with van der Waals surface area (Å²) in [5.41, 5.74) is 0.991. The maximum Gasteiger partial charge on any atom is 0.141 e. The van der Waals surface area contributed by atoms with E-state index in [0.717, 1.165) is 11.4 Å². The monoisotopic (exact) mass is 150 g/mol. The Balaban J connectivity index is 2.83. The average Bonchev–Trinajstić information content (AvgIpc) is 2.06. The predicted molar refractivity (Wildman–Crippen MR) is 46.8 cm³/mol. The van der Waals surface area contributed by atoms with Crippen LogP contribution in [0.3, 0.4) is 0 Å². The summed E-state index contributed by atoms with van der Waals surface area (Å²) in [6.45, 7) is 4.36. The van der Waals surface area contributed by atoms with E-state index >= 15 is 0 Å². The predicted octanol–water partition coefficient (Wildman–Crippen LogP) is 1.94. The normalized spacial score (nSPS) is 9.27. The number of benzene rings is 1. The van der Waals surface area contributed by atoms with Crippen LogP contribution in [0.2, 0.25) is 0 Å². The van der Waals surface area contributed by atoms with Crippen molar-refractivity contribution in [1.82, 2.24) is 0 Å². The van der Waals surface area contributed by atoms with Crippen molar-refractivity contribution in [3.05, 3.63) is 31.2 Å². The lowest BCUT2D eigenvalue weighted by Crippen LogP contribution is -1.98. The van der Waals surface area contributed by atoms with Gasteiger partial charge in [-0.2, -0.15) is 0 Å². The van der Waals surface area contributed by atoms with E-state index in [0.29, 0.717) is 6.54 Å². The van der Waals surface area contributed by atoms with Gasteiger partial charge >= 0.3 is 0 Å². The van der Waals surface area contributed by atoms with E-state index in [1.807, 2.05) is 24.3 Å². The number of hydrogen-bond donors (Lipinski definition) is 1. The maximum atomic E-state index is 5.11. The zero-order valence-electron chi connectivity index (χ0n) is 6.63. The van der Waals surface area contributed by atoms with E-state index in [4.69, 9.17) is 4.74 Å². The second-order valence-corrected chi connectivity index (χ2v) is 2.13. The summed E-state index contributed by atoms with van der Waals surface area (Å²) < 4.78 is 5.11. The van der Waals surface area contributed by atoms with Gasteiger partial charge in [0.1, 0.15) is 5.75 Å². The third kappa shape index (κ3) is 1.87. The van der Waals surface area contributed by atoms with Gasteiger partial charge in [-0.05, 0) is 19.1 Å². The molecule has 1 aromatic rings. The zero-order valence-corrected chi connectivity index (χ0v) is 6.63. The van der Waals surface area contributed by atoms with Gasteiger partial charge in [0.05, 0.1) is 12.8 Å².